The van der Waals surface area contributed by atoms with E-state index in [2.05, 4.69) is 10.4 Å². The molecule has 0 saturated carbocycles. The minimum atomic E-state index is -0.591. The van der Waals surface area contributed by atoms with E-state index in [0.717, 1.165) is 22.1 Å². The van der Waals surface area contributed by atoms with Crippen LogP contribution in [0.15, 0.2) is 65.5 Å². The topological polar surface area (TPSA) is 73.2 Å². The molecular formula is C24H20ClN3O3. The van der Waals surface area contributed by atoms with Gasteiger partial charge in [0.2, 0.25) is 0 Å². The Balaban J connectivity index is 1.68. The number of anilines is 1. The molecule has 4 aromatic rings. The molecule has 0 aliphatic heterocycles. The summed E-state index contributed by atoms with van der Waals surface area (Å²) in [7, 11) is 1.64. The van der Waals surface area contributed by atoms with E-state index in [9.17, 15) is 9.59 Å². The van der Waals surface area contributed by atoms with Crippen molar-refractivity contribution >= 4 is 34.2 Å². The normalized spacial score (nSPS) is 10.8. The van der Waals surface area contributed by atoms with Gasteiger partial charge in [-0.15, -0.1) is 0 Å². The number of hydrogen-bond donors (Lipinski definition) is 1. The zero-order chi connectivity index (χ0) is 22.1. The molecule has 0 atom stereocenters. The monoisotopic (exact) mass is 433 g/mol. The van der Waals surface area contributed by atoms with Gasteiger partial charge >= 0.3 is 6.09 Å². The molecule has 0 bridgehead atoms. The molecule has 0 saturated heterocycles. The lowest BCUT2D eigenvalue weighted by Gasteiger charge is -2.14. The minimum Gasteiger partial charge on any atom is -0.410 e. The van der Waals surface area contributed by atoms with E-state index < -0.39 is 6.09 Å². The molecule has 4 rings (SSSR count). The van der Waals surface area contributed by atoms with E-state index in [-0.39, 0.29) is 5.56 Å². The Kier molecular flexibility index (Phi) is 5.48. The summed E-state index contributed by atoms with van der Waals surface area (Å²) in [5.41, 5.74) is 3.53. The van der Waals surface area contributed by atoms with Crippen LogP contribution in [0.25, 0.3) is 22.0 Å². The molecule has 0 radical (unpaired) electrons. The number of carbonyl (C=O) groups is 1. The molecule has 0 aliphatic rings. The van der Waals surface area contributed by atoms with Crippen LogP contribution in [0, 0.1) is 13.8 Å². The number of ether oxygens (including phenoxy) is 1. The van der Waals surface area contributed by atoms with Gasteiger partial charge in [-0.2, -0.15) is 5.10 Å². The number of fused-ring (bicyclic) bond motifs is 1. The number of benzene rings is 3. The number of nitrogens with zero attached hydrogens (tertiary/aromatic N) is 2. The number of hydrogen-bond acceptors (Lipinski definition) is 4. The molecule has 1 amide bonds. The van der Waals surface area contributed by atoms with Crippen molar-refractivity contribution in [1.82, 2.24) is 9.78 Å². The fourth-order valence-corrected chi connectivity index (χ4v) is 3.66. The Morgan fingerprint density at radius 1 is 1.00 bits per heavy atom. The number of amides is 1. The number of carbonyl (C=O) groups excluding carboxylic acids is 1. The standard InChI is InChI=1S/C24H20ClN3O3/c1-14-12-16(21-19-6-4-5-7-20(19)23(29)28(3)27-21)13-15(2)22(14)31-24(30)26-18-10-8-17(25)9-11-18/h4-13H,1-3H3,(H,26,30). The minimum absolute atomic E-state index is 0.147. The van der Waals surface area contributed by atoms with Crippen molar-refractivity contribution in [2.24, 2.45) is 7.05 Å². The van der Waals surface area contributed by atoms with Gasteiger partial charge < -0.3 is 4.74 Å². The average Bonchev–Trinajstić information content (AvgIpc) is 2.75. The Labute approximate surface area is 184 Å². The maximum atomic E-state index is 12.4. The van der Waals surface area contributed by atoms with E-state index in [1.54, 1.807) is 37.4 Å². The maximum Gasteiger partial charge on any atom is 0.417 e. The largest absolute Gasteiger partial charge is 0.417 e. The first-order chi connectivity index (χ1) is 14.8. The quantitative estimate of drug-likeness (QED) is 0.464. The molecule has 1 N–H and O–H groups in total. The first-order valence-corrected chi connectivity index (χ1v) is 10.0. The Hall–Kier alpha value is -3.64. The molecule has 1 heterocycles. The molecule has 0 fully saturated rings. The summed E-state index contributed by atoms with van der Waals surface area (Å²) >= 11 is 5.87. The summed E-state index contributed by atoms with van der Waals surface area (Å²) in [6, 6.07) is 18.0. The van der Waals surface area contributed by atoms with Gasteiger partial charge in [0.05, 0.1) is 11.1 Å². The average molecular weight is 434 g/mol. The predicted octanol–water partition coefficient (Wildman–Crippen LogP) is 5.48. The summed E-state index contributed by atoms with van der Waals surface area (Å²) in [5, 5.41) is 9.13. The van der Waals surface area contributed by atoms with E-state index in [4.69, 9.17) is 16.3 Å². The van der Waals surface area contributed by atoms with Gasteiger partial charge in [-0.05, 0) is 67.4 Å². The molecule has 3 aromatic carbocycles. The molecular weight excluding hydrogens is 414 g/mol. The molecule has 6 nitrogen and oxygen atoms in total. The number of nitrogens with one attached hydrogen (secondary N) is 1. The molecule has 1 aromatic heterocycles. The van der Waals surface area contributed by atoms with Gasteiger partial charge in [-0.25, -0.2) is 9.48 Å². The van der Waals surface area contributed by atoms with Crippen LogP contribution in [0.5, 0.6) is 5.75 Å². The molecule has 7 heteroatoms. The van der Waals surface area contributed by atoms with Crippen LogP contribution in [0.2, 0.25) is 5.02 Å². The molecule has 31 heavy (non-hydrogen) atoms. The molecule has 0 aliphatic carbocycles. The van der Waals surface area contributed by atoms with Crippen LogP contribution in [-0.2, 0) is 7.05 Å². The Morgan fingerprint density at radius 3 is 2.26 bits per heavy atom. The van der Waals surface area contributed by atoms with Crippen molar-refractivity contribution in [3.05, 3.63) is 87.2 Å². The van der Waals surface area contributed by atoms with Crippen molar-refractivity contribution < 1.29 is 9.53 Å². The van der Waals surface area contributed by atoms with Gasteiger partial charge in [0.15, 0.2) is 0 Å². The van der Waals surface area contributed by atoms with Gasteiger partial charge in [0, 0.05) is 28.7 Å². The van der Waals surface area contributed by atoms with E-state index >= 15 is 0 Å². The summed E-state index contributed by atoms with van der Waals surface area (Å²) in [5.74, 6) is 0.476. The van der Waals surface area contributed by atoms with Crippen LogP contribution in [-0.4, -0.2) is 15.9 Å². The summed E-state index contributed by atoms with van der Waals surface area (Å²) in [6.07, 6.45) is -0.591. The van der Waals surface area contributed by atoms with Crippen molar-refractivity contribution in [2.45, 2.75) is 13.8 Å². The highest BCUT2D eigenvalue weighted by Gasteiger charge is 2.16. The second-order valence-corrected chi connectivity index (χ2v) is 7.72. The predicted molar refractivity (Wildman–Crippen MR) is 123 cm³/mol. The first-order valence-electron chi connectivity index (χ1n) is 9.65. The second kappa shape index (κ2) is 8.24. The van der Waals surface area contributed by atoms with Crippen LogP contribution in [0.4, 0.5) is 10.5 Å². The van der Waals surface area contributed by atoms with Crippen LogP contribution in [0.3, 0.4) is 0 Å². The van der Waals surface area contributed by atoms with E-state index in [1.165, 1.54) is 4.68 Å². The smallest absolute Gasteiger partial charge is 0.410 e. The van der Waals surface area contributed by atoms with Crippen LogP contribution >= 0.6 is 11.6 Å². The molecule has 0 spiro atoms. The van der Waals surface area contributed by atoms with Gasteiger partial charge in [0.1, 0.15) is 5.75 Å². The number of halogens is 1. The zero-order valence-corrected chi connectivity index (χ0v) is 18.0. The summed E-state index contributed by atoms with van der Waals surface area (Å²) in [6.45, 7) is 3.73. The lowest BCUT2D eigenvalue weighted by Crippen LogP contribution is -2.20. The zero-order valence-electron chi connectivity index (χ0n) is 17.3. The van der Waals surface area contributed by atoms with Gasteiger partial charge in [0.25, 0.3) is 5.56 Å². The summed E-state index contributed by atoms with van der Waals surface area (Å²) < 4.78 is 6.91. The van der Waals surface area contributed by atoms with E-state index in [0.29, 0.717) is 27.5 Å². The molecule has 0 unspecified atom stereocenters. The third-order valence-corrected chi connectivity index (χ3v) is 5.23. The van der Waals surface area contributed by atoms with Gasteiger partial charge in [-0.3, -0.25) is 10.1 Å². The number of rotatable bonds is 3. The SMILES string of the molecule is Cc1cc(-c2nn(C)c(=O)c3ccccc23)cc(C)c1OC(=O)Nc1ccc(Cl)cc1. The fraction of sp³-hybridized carbons (Fsp3) is 0.125. The Morgan fingerprint density at radius 2 is 1.61 bits per heavy atom. The van der Waals surface area contributed by atoms with Crippen molar-refractivity contribution in [3.63, 3.8) is 0 Å². The lowest BCUT2D eigenvalue weighted by molar-refractivity contribution is 0.214. The lowest BCUT2D eigenvalue weighted by atomic mass is 10.00. The maximum absolute atomic E-state index is 12.4. The molecule has 156 valence electrons. The van der Waals surface area contributed by atoms with Crippen molar-refractivity contribution in [1.29, 1.82) is 0 Å². The number of aromatic nitrogens is 2. The highest BCUT2D eigenvalue weighted by Crippen LogP contribution is 2.32. The highest BCUT2D eigenvalue weighted by molar-refractivity contribution is 6.30. The van der Waals surface area contributed by atoms with Crippen LogP contribution < -0.4 is 15.6 Å². The van der Waals surface area contributed by atoms with Crippen LogP contribution in [0.1, 0.15) is 11.1 Å². The summed E-state index contributed by atoms with van der Waals surface area (Å²) in [4.78, 5) is 24.8. The first kappa shape index (κ1) is 20.6. The highest BCUT2D eigenvalue weighted by atomic mass is 35.5. The number of aryl methyl sites for hydroxylation is 3. The second-order valence-electron chi connectivity index (χ2n) is 7.28. The van der Waals surface area contributed by atoms with Crippen molar-refractivity contribution in [3.8, 4) is 17.0 Å². The van der Waals surface area contributed by atoms with E-state index in [1.807, 2.05) is 44.2 Å². The Bertz CT molecular complexity index is 1340. The third-order valence-electron chi connectivity index (χ3n) is 4.98. The van der Waals surface area contributed by atoms with Crippen molar-refractivity contribution in [2.75, 3.05) is 5.32 Å². The fourth-order valence-electron chi connectivity index (χ4n) is 3.53. The van der Waals surface area contributed by atoms with Gasteiger partial charge in [-0.1, -0.05) is 29.8 Å². The third kappa shape index (κ3) is 4.15.